The van der Waals surface area contributed by atoms with E-state index < -0.39 is 0 Å². The van der Waals surface area contributed by atoms with E-state index in [2.05, 4.69) is 12.2 Å². The first kappa shape index (κ1) is 11.8. The Labute approximate surface area is 106 Å². The predicted molar refractivity (Wildman–Crippen MR) is 74.3 cm³/mol. The molecule has 0 heterocycles. The summed E-state index contributed by atoms with van der Waals surface area (Å²) >= 11 is 5.86. The highest BCUT2D eigenvalue weighted by atomic mass is 35.5. The van der Waals surface area contributed by atoms with Gasteiger partial charge in [0.2, 0.25) is 0 Å². The third-order valence-corrected chi connectivity index (χ3v) is 2.92. The van der Waals surface area contributed by atoms with Crippen molar-refractivity contribution in [3.63, 3.8) is 0 Å². The lowest BCUT2D eigenvalue weighted by Gasteiger charge is -2.15. The molecular formula is C14H15ClN2. The molecule has 0 aliphatic rings. The number of benzene rings is 2. The van der Waals surface area contributed by atoms with Crippen molar-refractivity contribution in [2.24, 2.45) is 0 Å². The van der Waals surface area contributed by atoms with Gasteiger partial charge in [-0.3, -0.25) is 0 Å². The minimum atomic E-state index is 0.232. The van der Waals surface area contributed by atoms with E-state index in [1.165, 1.54) is 5.56 Å². The third kappa shape index (κ3) is 3.14. The fraction of sp³-hybridized carbons (Fsp3) is 0.143. The zero-order chi connectivity index (χ0) is 12.3. The summed E-state index contributed by atoms with van der Waals surface area (Å²) < 4.78 is 0. The fourth-order valence-corrected chi connectivity index (χ4v) is 1.79. The van der Waals surface area contributed by atoms with Crippen LogP contribution in [0.1, 0.15) is 18.5 Å². The summed E-state index contributed by atoms with van der Waals surface area (Å²) in [5.74, 6) is 0. The van der Waals surface area contributed by atoms with Crippen molar-refractivity contribution in [3.05, 3.63) is 59.1 Å². The quantitative estimate of drug-likeness (QED) is 0.801. The maximum atomic E-state index is 5.86. The summed E-state index contributed by atoms with van der Waals surface area (Å²) in [4.78, 5) is 0. The Morgan fingerprint density at radius 3 is 2.18 bits per heavy atom. The fourth-order valence-electron chi connectivity index (χ4n) is 1.66. The van der Waals surface area contributed by atoms with E-state index in [1.54, 1.807) is 0 Å². The molecule has 2 aromatic rings. The molecule has 0 saturated carbocycles. The molecule has 0 spiro atoms. The molecule has 1 atom stereocenters. The lowest BCUT2D eigenvalue weighted by molar-refractivity contribution is 0.885. The highest BCUT2D eigenvalue weighted by Crippen LogP contribution is 2.21. The Balaban J connectivity index is 2.08. The Kier molecular flexibility index (Phi) is 3.55. The van der Waals surface area contributed by atoms with E-state index in [1.807, 2.05) is 48.5 Å². The standard InChI is InChI=1S/C14H15ClN2/c1-10(11-2-4-12(15)5-3-11)17-14-8-6-13(16)7-9-14/h2-10,17H,16H2,1H3. The molecular weight excluding hydrogens is 232 g/mol. The van der Waals surface area contributed by atoms with Crippen LogP contribution < -0.4 is 11.1 Å². The van der Waals surface area contributed by atoms with Gasteiger partial charge in [0, 0.05) is 22.4 Å². The second kappa shape index (κ2) is 5.11. The first-order chi connectivity index (χ1) is 8.15. The number of hydrogen-bond acceptors (Lipinski definition) is 2. The maximum absolute atomic E-state index is 5.86. The molecule has 0 aliphatic carbocycles. The van der Waals surface area contributed by atoms with Gasteiger partial charge in [-0.15, -0.1) is 0 Å². The molecule has 0 aromatic heterocycles. The largest absolute Gasteiger partial charge is 0.399 e. The zero-order valence-electron chi connectivity index (χ0n) is 9.65. The van der Waals surface area contributed by atoms with E-state index in [9.17, 15) is 0 Å². The van der Waals surface area contributed by atoms with Crippen LogP contribution in [0.3, 0.4) is 0 Å². The van der Waals surface area contributed by atoms with E-state index in [4.69, 9.17) is 17.3 Å². The van der Waals surface area contributed by atoms with E-state index in [-0.39, 0.29) is 6.04 Å². The van der Waals surface area contributed by atoms with E-state index >= 15 is 0 Å². The van der Waals surface area contributed by atoms with Gasteiger partial charge in [-0.05, 0) is 48.9 Å². The first-order valence-corrected chi connectivity index (χ1v) is 5.90. The number of hydrogen-bond donors (Lipinski definition) is 2. The molecule has 0 bridgehead atoms. The number of halogens is 1. The number of rotatable bonds is 3. The van der Waals surface area contributed by atoms with Gasteiger partial charge in [0.25, 0.3) is 0 Å². The molecule has 2 aromatic carbocycles. The number of nitrogens with two attached hydrogens (primary N) is 1. The van der Waals surface area contributed by atoms with Crippen molar-refractivity contribution >= 4 is 23.0 Å². The molecule has 1 unspecified atom stereocenters. The minimum Gasteiger partial charge on any atom is -0.399 e. The molecule has 2 rings (SSSR count). The molecule has 0 amide bonds. The first-order valence-electron chi connectivity index (χ1n) is 5.53. The number of anilines is 2. The normalized spacial score (nSPS) is 12.1. The predicted octanol–water partition coefficient (Wildman–Crippen LogP) is 4.10. The van der Waals surface area contributed by atoms with E-state index in [0.29, 0.717) is 0 Å². The number of nitrogen functional groups attached to an aromatic ring is 1. The number of nitrogens with one attached hydrogen (secondary N) is 1. The molecule has 2 nitrogen and oxygen atoms in total. The van der Waals surface area contributed by atoms with Gasteiger partial charge in [0.15, 0.2) is 0 Å². The molecule has 17 heavy (non-hydrogen) atoms. The summed E-state index contributed by atoms with van der Waals surface area (Å²) in [5.41, 5.74) is 8.67. The van der Waals surface area contributed by atoms with Crippen molar-refractivity contribution < 1.29 is 0 Å². The van der Waals surface area contributed by atoms with Crippen LogP contribution >= 0.6 is 11.6 Å². The average Bonchev–Trinajstić information content (AvgIpc) is 2.33. The lowest BCUT2D eigenvalue weighted by Crippen LogP contribution is -2.06. The van der Waals surface area contributed by atoms with Crippen molar-refractivity contribution in [2.75, 3.05) is 11.1 Å². The highest BCUT2D eigenvalue weighted by molar-refractivity contribution is 6.30. The van der Waals surface area contributed by atoms with Crippen LogP contribution in [-0.2, 0) is 0 Å². The molecule has 0 fully saturated rings. The van der Waals surface area contributed by atoms with Crippen LogP contribution in [0.2, 0.25) is 5.02 Å². The van der Waals surface area contributed by atoms with Crippen LogP contribution in [0.25, 0.3) is 0 Å². The van der Waals surface area contributed by atoms with Gasteiger partial charge < -0.3 is 11.1 Å². The summed E-state index contributed by atoms with van der Waals surface area (Å²) in [6.45, 7) is 2.11. The summed E-state index contributed by atoms with van der Waals surface area (Å²) in [5, 5.41) is 4.16. The van der Waals surface area contributed by atoms with Gasteiger partial charge in [0.05, 0.1) is 0 Å². The Morgan fingerprint density at radius 1 is 1.00 bits per heavy atom. The highest BCUT2D eigenvalue weighted by Gasteiger charge is 2.04. The van der Waals surface area contributed by atoms with Crippen LogP contribution in [0, 0.1) is 0 Å². The summed E-state index contributed by atoms with van der Waals surface area (Å²) in [6.07, 6.45) is 0. The van der Waals surface area contributed by atoms with E-state index in [0.717, 1.165) is 16.4 Å². The van der Waals surface area contributed by atoms with Crippen molar-refractivity contribution in [2.45, 2.75) is 13.0 Å². The molecule has 0 aliphatic heterocycles. The van der Waals surface area contributed by atoms with Gasteiger partial charge in [-0.1, -0.05) is 23.7 Å². The zero-order valence-corrected chi connectivity index (χ0v) is 10.4. The summed E-state index contributed by atoms with van der Waals surface area (Å²) in [7, 11) is 0. The van der Waals surface area contributed by atoms with Crippen LogP contribution in [0.4, 0.5) is 11.4 Å². The Bertz CT molecular complexity index is 477. The summed E-state index contributed by atoms with van der Waals surface area (Å²) in [6, 6.07) is 15.8. The second-order valence-corrected chi connectivity index (χ2v) is 4.48. The minimum absolute atomic E-state index is 0.232. The molecule has 88 valence electrons. The van der Waals surface area contributed by atoms with Gasteiger partial charge in [0.1, 0.15) is 0 Å². The second-order valence-electron chi connectivity index (χ2n) is 4.04. The SMILES string of the molecule is CC(Nc1ccc(N)cc1)c1ccc(Cl)cc1. The van der Waals surface area contributed by atoms with Crippen LogP contribution in [0.5, 0.6) is 0 Å². The topological polar surface area (TPSA) is 38.0 Å². The van der Waals surface area contributed by atoms with Gasteiger partial charge in [-0.2, -0.15) is 0 Å². The third-order valence-electron chi connectivity index (χ3n) is 2.66. The average molecular weight is 247 g/mol. The smallest absolute Gasteiger partial charge is 0.0485 e. The molecule has 3 heteroatoms. The van der Waals surface area contributed by atoms with Crippen LogP contribution in [-0.4, -0.2) is 0 Å². The molecule has 0 saturated heterocycles. The molecule has 3 N–H and O–H groups in total. The Hall–Kier alpha value is -1.67. The molecule has 0 radical (unpaired) electrons. The van der Waals surface area contributed by atoms with Crippen LogP contribution in [0.15, 0.2) is 48.5 Å². The van der Waals surface area contributed by atoms with Gasteiger partial charge in [-0.25, -0.2) is 0 Å². The maximum Gasteiger partial charge on any atom is 0.0485 e. The monoisotopic (exact) mass is 246 g/mol. The van der Waals surface area contributed by atoms with Crippen molar-refractivity contribution in [3.8, 4) is 0 Å². The van der Waals surface area contributed by atoms with Gasteiger partial charge >= 0.3 is 0 Å². The lowest BCUT2D eigenvalue weighted by atomic mass is 10.1. The van der Waals surface area contributed by atoms with Crippen molar-refractivity contribution in [1.29, 1.82) is 0 Å². The van der Waals surface area contributed by atoms with Crippen molar-refractivity contribution in [1.82, 2.24) is 0 Å². The Morgan fingerprint density at radius 2 is 1.59 bits per heavy atom.